The van der Waals surface area contributed by atoms with Crippen LogP contribution in [-0.2, 0) is 6.54 Å². The van der Waals surface area contributed by atoms with Crippen LogP contribution in [0.5, 0.6) is 0 Å². The maximum atomic E-state index is 5.72. The van der Waals surface area contributed by atoms with Gasteiger partial charge in [0.25, 0.3) is 0 Å². The molecule has 2 aromatic rings. The number of anilines is 1. The van der Waals surface area contributed by atoms with Crippen LogP contribution in [0.4, 0.5) is 5.82 Å². The van der Waals surface area contributed by atoms with Gasteiger partial charge in [-0.15, -0.1) is 11.3 Å². The van der Waals surface area contributed by atoms with E-state index in [0.29, 0.717) is 0 Å². The van der Waals surface area contributed by atoms with Crippen LogP contribution in [-0.4, -0.2) is 17.0 Å². The molecule has 0 fully saturated rings. The first-order valence-electron chi connectivity index (χ1n) is 4.48. The predicted molar refractivity (Wildman–Crippen MR) is 63.5 cm³/mol. The number of hydrogen-bond donors (Lipinski definition) is 0. The van der Waals surface area contributed by atoms with Crippen molar-refractivity contribution in [2.45, 2.75) is 6.54 Å². The van der Waals surface area contributed by atoms with Gasteiger partial charge in [-0.05, 0) is 29.1 Å². The van der Waals surface area contributed by atoms with Gasteiger partial charge >= 0.3 is 0 Å². The van der Waals surface area contributed by atoms with Crippen molar-refractivity contribution >= 4 is 28.8 Å². The summed E-state index contributed by atoms with van der Waals surface area (Å²) in [5.74, 6) is 0.836. The highest BCUT2D eigenvalue weighted by Gasteiger charge is 2.04. The van der Waals surface area contributed by atoms with Gasteiger partial charge in [0.2, 0.25) is 5.28 Å². The van der Waals surface area contributed by atoms with Gasteiger partial charge in [-0.3, -0.25) is 0 Å². The second-order valence-electron chi connectivity index (χ2n) is 3.12. The van der Waals surface area contributed by atoms with Crippen molar-refractivity contribution in [1.82, 2.24) is 9.97 Å². The fourth-order valence-electron chi connectivity index (χ4n) is 1.26. The molecule has 2 aromatic heterocycles. The van der Waals surface area contributed by atoms with Crippen LogP contribution in [0.3, 0.4) is 0 Å². The van der Waals surface area contributed by atoms with Gasteiger partial charge in [-0.25, -0.2) is 9.97 Å². The fourth-order valence-corrected chi connectivity index (χ4v) is 2.16. The van der Waals surface area contributed by atoms with E-state index in [1.165, 1.54) is 4.88 Å². The largest absolute Gasteiger partial charge is 0.354 e. The third-order valence-electron chi connectivity index (χ3n) is 1.98. The molecule has 0 unspecified atom stereocenters. The Morgan fingerprint density at radius 3 is 3.00 bits per heavy atom. The summed E-state index contributed by atoms with van der Waals surface area (Å²) in [5, 5.41) is 2.35. The van der Waals surface area contributed by atoms with Crippen molar-refractivity contribution in [2.75, 3.05) is 11.9 Å². The molecule has 2 rings (SSSR count). The van der Waals surface area contributed by atoms with E-state index in [2.05, 4.69) is 21.4 Å². The molecule has 0 atom stereocenters. The SMILES string of the molecule is CN(Cc1cccs1)c1ccnc(Cl)n1. The van der Waals surface area contributed by atoms with Crippen LogP contribution in [0.25, 0.3) is 0 Å². The molecule has 0 aliphatic carbocycles. The molecule has 0 saturated carbocycles. The van der Waals surface area contributed by atoms with Gasteiger partial charge in [0.1, 0.15) is 5.82 Å². The first kappa shape index (κ1) is 10.4. The molecule has 0 amide bonds. The lowest BCUT2D eigenvalue weighted by atomic mass is 10.4. The van der Waals surface area contributed by atoms with E-state index < -0.39 is 0 Å². The molecule has 15 heavy (non-hydrogen) atoms. The smallest absolute Gasteiger partial charge is 0.224 e. The summed E-state index contributed by atoms with van der Waals surface area (Å²) in [7, 11) is 1.98. The Hall–Kier alpha value is -1.13. The molecule has 0 bridgehead atoms. The van der Waals surface area contributed by atoms with E-state index in [9.17, 15) is 0 Å². The molecule has 0 aliphatic heterocycles. The molecule has 5 heteroatoms. The van der Waals surface area contributed by atoms with Crippen LogP contribution in [0.1, 0.15) is 4.88 Å². The summed E-state index contributed by atoms with van der Waals surface area (Å²) in [5.41, 5.74) is 0. The fraction of sp³-hybridized carbons (Fsp3) is 0.200. The zero-order chi connectivity index (χ0) is 10.7. The average molecular weight is 240 g/mol. The zero-order valence-corrected chi connectivity index (χ0v) is 9.79. The molecule has 0 saturated heterocycles. The van der Waals surface area contributed by atoms with Gasteiger partial charge in [-0.1, -0.05) is 6.07 Å². The molecule has 0 aromatic carbocycles. The Bertz CT molecular complexity index is 430. The first-order valence-corrected chi connectivity index (χ1v) is 5.73. The minimum Gasteiger partial charge on any atom is -0.354 e. The maximum Gasteiger partial charge on any atom is 0.224 e. The monoisotopic (exact) mass is 239 g/mol. The molecule has 0 N–H and O–H groups in total. The summed E-state index contributed by atoms with van der Waals surface area (Å²) in [6.45, 7) is 0.838. The highest BCUT2D eigenvalue weighted by Crippen LogP contribution is 2.16. The van der Waals surface area contributed by atoms with E-state index in [1.807, 2.05) is 24.1 Å². The quantitative estimate of drug-likeness (QED) is 0.772. The van der Waals surface area contributed by atoms with Gasteiger partial charge in [-0.2, -0.15) is 0 Å². The lowest BCUT2D eigenvalue weighted by Crippen LogP contribution is -2.16. The normalized spacial score (nSPS) is 10.3. The highest BCUT2D eigenvalue weighted by molar-refractivity contribution is 7.09. The molecule has 78 valence electrons. The number of aromatic nitrogens is 2. The topological polar surface area (TPSA) is 29.0 Å². The van der Waals surface area contributed by atoms with Crippen molar-refractivity contribution in [3.8, 4) is 0 Å². The number of nitrogens with zero attached hydrogens (tertiary/aromatic N) is 3. The van der Waals surface area contributed by atoms with E-state index in [0.717, 1.165) is 12.4 Å². The summed E-state index contributed by atoms with van der Waals surface area (Å²) in [4.78, 5) is 11.3. The second-order valence-corrected chi connectivity index (χ2v) is 4.49. The summed E-state index contributed by atoms with van der Waals surface area (Å²) >= 11 is 7.46. The molecule has 0 spiro atoms. The molecule has 3 nitrogen and oxygen atoms in total. The predicted octanol–water partition coefficient (Wildman–Crippen LogP) is 2.83. The van der Waals surface area contributed by atoms with Gasteiger partial charge in [0.05, 0.1) is 6.54 Å². The minimum atomic E-state index is 0.283. The summed E-state index contributed by atoms with van der Waals surface area (Å²) < 4.78 is 0. The van der Waals surface area contributed by atoms with Crippen molar-refractivity contribution in [1.29, 1.82) is 0 Å². The third-order valence-corrected chi connectivity index (χ3v) is 3.02. The number of hydrogen-bond acceptors (Lipinski definition) is 4. The number of halogens is 1. The Kier molecular flexibility index (Phi) is 3.18. The summed E-state index contributed by atoms with van der Waals surface area (Å²) in [6, 6.07) is 5.99. The average Bonchev–Trinajstić information content (AvgIpc) is 2.70. The number of rotatable bonds is 3. The minimum absolute atomic E-state index is 0.283. The van der Waals surface area contributed by atoms with Gasteiger partial charge in [0, 0.05) is 18.1 Å². The Balaban J connectivity index is 2.11. The van der Waals surface area contributed by atoms with Crippen LogP contribution >= 0.6 is 22.9 Å². The lowest BCUT2D eigenvalue weighted by Gasteiger charge is -2.16. The first-order chi connectivity index (χ1) is 7.25. The van der Waals surface area contributed by atoms with E-state index in [1.54, 1.807) is 17.5 Å². The molecule has 2 heterocycles. The van der Waals surface area contributed by atoms with Crippen molar-refractivity contribution in [3.05, 3.63) is 39.9 Å². The molecule has 0 radical (unpaired) electrons. The van der Waals surface area contributed by atoms with E-state index >= 15 is 0 Å². The highest BCUT2D eigenvalue weighted by atomic mass is 35.5. The number of thiophene rings is 1. The molecule has 0 aliphatic rings. The molecular formula is C10H10ClN3S. The van der Waals surface area contributed by atoms with Crippen molar-refractivity contribution in [3.63, 3.8) is 0 Å². The zero-order valence-electron chi connectivity index (χ0n) is 8.22. The molecular weight excluding hydrogens is 230 g/mol. The van der Waals surface area contributed by atoms with Crippen molar-refractivity contribution < 1.29 is 0 Å². The Morgan fingerprint density at radius 2 is 2.33 bits per heavy atom. The van der Waals surface area contributed by atoms with E-state index in [4.69, 9.17) is 11.6 Å². The van der Waals surface area contributed by atoms with Gasteiger partial charge < -0.3 is 4.90 Å². The summed E-state index contributed by atoms with van der Waals surface area (Å²) in [6.07, 6.45) is 1.66. The van der Waals surface area contributed by atoms with Crippen LogP contribution < -0.4 is 4.90 Å². The van der Waals surface area contributed by atoms with Crippen molar-refractivity contribution in [2.24, 2.45) is 0 Å². The Morgan fingerprint density at radius 1 is 1.47 bits per heavy atom. The third kappa shape index (κ3) is 2.67. The lowest BCUT2D eigenvalue weighted by molar-refractivity contribution is 0.904. The van der Waals surface area contributed by atoms with Gasteiger partial charge in [0.15, 0.2) is 0 Å². The Labute approximate surface area is 97.4 Å². The maximum absolute atomic E-state index is 5.72. The second kappa shape index (κ2) is 4.59. The van der Waals surface area contributed by atoms with Crippen LogP contribution in [0.2, 0.25) is 5.28 Å². The van der Waals surface area contributed by atoms with Crippen LogP contribution in [0, 0.1) is 0 Å². The van der Waals surface area contributed by atoms with Crippen LogP contribution in [0.15, 0.2) is 29.8 Å². The van der Waals surface area contributed by atoms with E-state index in [-0.39, 0.29) is 5.28 Å². The standard InChI is InChI=1S/C10H10ClN3S/c1-14(7-8-3-2-6-15-8)9-4-5-12-10(11)13-9/h2-6H,7H2,1H3.